The molecule has 8 heteroatoms. The first-order valence-electron chi connectivity index (χ1n) is 11.5. The van der Waals surface area contributed by atoms with Gasteiger partial charge in [-0.2, -0.15) is 0 Å². The summed E-state index contributed by atoms with van der Waals surface area (Å²) in [5.74, 6) is 2.56. The van der Waals surface area contributed by atoms with E-state index in [2.05, 4.69) is 0 Å². The average Bonchev–Trinajstić information content (AvgIpc) is 3.24. The molecule has 2 amide bonds. The molecule has 2 aromatic rings. The van der Waals surface area contributed by atoms with Crippen LogP contribution < -0.4 is 18.9 Å². The zero-order valence-electron chi connectivity index (χ0n) is 19.4. The molecule has 3 heterocycles. The predicted molar refractivity (Wildman–Crippen MR) is 125 cm³/mol. The summed E-state index contributed by atoms with van der Waals surface area (Å²) >= 11 is 0. The number of nitrogens with zero attached hydrogens (tertiary/aromatic N) is 2. The van der Waals surface area contributed by atoms with Crippen LogP contribution in [0.2, 0.25) is 0 Å². The molecule has 2 aromatic carbocycles. The fourth-order valence-electron chi connectivity index (χ4n) is 4.52. The molecule has 0 N–H and O–H groups in total. The SMILES string of the molecule is COc1cc2c(cc1/C=C/C(=O)N1CCN(C(=O)[C@H]3COc4ccccc4O3)CC1)O[C@H](C)C2. The van der Waals surface area contributed by atoms with E-state index in [1.54, 1.807) is 35.1 Å². The second kappa shape index (κ2) is 9.29. The van der Waals surface area contributed by atoms with E-state index in [-0.39, 0.29) is 24.5 Å². The van der Waals surface area contributed by atoms with E-state index >= 15 is 0 Å². The number of fused-ring (bicyclic) bond motifs is 2. The summed E-state index contributed by atoms with van der Waals surface area (Å²) < 4.78 is 22.8. The first kappa shape index (κ1) is 22.1. The van der Waals surface area contributed by atoms with Gasteiger partial charge in [-0.05, 0) is 37.3 Å². The van der Waals surface area contributed by atoms with Gasteiger partial charge in [0.25, 0.3) is 5.91 Å². The highest BCUT2D eigenvalue weighted by Gasteiger charge is 2.33. The van der Waals surface area contributed by atoms with Gasteiger partial charge in [-0.25, -0.2) is 0 Å². The number of benzene rings is 2. The topological polar surface area (TPSA) is 77.5 Å². The van der Waals surface area contributed by atoms with Crippen molar-refractivity contribution in [1.29, 1.82) is 0 Å². The molecule has 5 rings (SSSR count). The molecule has 178 valence electrons. The molecule has 0 aromatic heterocycles. The number of para-hydroxylation sites is 2. The van der Waals surface area contributed by atoms with Crippen LogP contribution in [-0.4, -0.2) is 73.7 Å². The Morgan fingerprint density at radius 1 is 1.00 bits per heavy atom. The molecule has 34 heavy (non-hydrogen) atoms. The van der Waals surface area contributed by atoms with Gasteiger partial charge in [0.1, 0.15) is 24.2 Å². The van der Waals surface area contributed by atoms with Crippen molar-refractivity contribution >= 4 is 17.9 Å². The first-order valence-corrected chi connectivity index (χ1v) is 11.5. The summed E-state index contributed by atoms with van der Waals surface area (Å²) in [6.07, 6.45) is 3.63. The van der Waals surface area contributed by atoms with Crippen molar-refractivity contribution in [3.05, 3.63) is 53.6 Å². The van der Waals surface area contributed by atoms with Crippen LogP contribution in [0.3, 0.4) is 0 Å². The Bertz CT molecular complexity index is 1120. The van der Waals surface area contributed by atoms with E-state index < -0.39 is 6.10 Å². The molecule has 0 aliphatic carbocycles. The second-order valence-corrected chi connectivity index (χ2v) is 8.68. The number of carbonyl (C=O) groups excluding carboxylic acids is 2. The van der Waals surface area contributed by atoms with Crippen molar-refractivity contribution in [2.45, 2.75) is 25.6 Å². The Kier molecular flexibility index (Phi) is 6.04. The van der Waals surface area contributed by atoms with Crippen molar-refractivity contribution in [1.82, 2.24) is 9.80 Å². The average molecular weight is 465 g/mol. The van der Waals surface area contributed by atoms with Crippen LogP contribution in [-0.2, 0) is 16.0 Å². The van der Waals surface area contributed by atoms with Gasteiger partial charge >= 0.3 is 0 Å². The second-order valence-electron chi connectivity index (χ2n) is 8.68. The highest BCUT2D eigenvalue weighted by molar-refractivity contribution is 5.92. The predicted octanol–water partition coefficient (Wildman–Crippen LogP) is 2.54. The summed E-state index contributed by atoms with van der Waals surface area (Å²) in [7, 11) is 1.62. The fourth-order valence-corrected chi connectivity index (χ4v) is 4.52. The number of ether oxygens (including phenoxy) is 4. The lowest BCUT2D eigenvalue weighted by Gasteiger charge is -2.36. The summed E-state index contributed by atoms with van der Waals surface area (Å²) in [6.45, 7) is 4.04. The van der Waals surface area contributed by atoms with E-state index in [0.29, 0.717) is 43.4 Å². The van der Waals surface area contributed by atoms with Gasteiger partial charge in [-0.3, -0.25) is 9.59 Å². The molecule has 3 aliphatic rings. The third-order valence-corrected chi connectivity index (χ3v) is 6.34. The van der Waals surface area contributed by atoms with E-state index in [0.717, 1.165) is 23.3 Å². The van der Waals surface area contributed by atoms with Crippen LogP contribution >= 0.6 is 0 Å². The Hall–Kier alpha value is -3.68. The lowest BCUT2D eigenvalue weighted by Crippen LogP contribution is -2.54. The lowest BCUT2D eigenvalue weighted by atomic mass is 10.1. The van der Waals surface area contributed by atoms with Crippen molar-refractivity contribution in [3.63, 3.8) is 0 Å². The monoisotopic (exact) mass is 464 g/mol. The van der Waals surface area contributed by atoms with Crippen molar-refractivity contribution < 1.29 is 28.5 Å². The highest BCUT2D eigenvalue weighted by Crippen LogP contribution is 2.35. The normalized spacial score (nSPS) is 21.2. The van der Waals surface area contributed by atoms with Crippen LogP contribution in [0.5, 0.6) is 23.0 Å². The zero-order chi connectivity index (χ0) is 23.7. The number of methoxy groups -OCH3 is 1. The van der Waals surface area contributed by atoms with Crippen molar-refractivity contribution in [2.75, 3.05) is 39.9 Å². The fraction of sp³-hybridized carbons (Fsp3) is 0.385. The molecule has 1 saturated heterocycles. The zero-order valence-corrected chi connectivity index (χ0v) is 19.4. The Morgan fingerprint density at radius 2 is 1.74 bits per heavy atom. The lowest BCUT2D eigenvalue weighted by molar-refractivity contribution is -0.145. The highest BCUT2D eigenvalue weighted by atomic mass is 16.6. The summed E-state index contributed by atoms with van der Waals surface area (Å²) in [5.41, 5.74) is 1.91. The number of amides is 2. The Balaban J connectivity index is 1.17. The first-order chi connectivity index (χ1) is 16.5. The smallest absolute Gasteiger partial charge is 0.267 e. The quantitative estimate of drug-likeness (QED) is 0.648. The third-order valence-electron chi connectivity index (χ3n) is 6.34. The van der Waals surface area contributed by atoms with Crippen molar-refractivity contribution in [3.8, 4) is 23.0 Å². The van der Waals surface area contributed by atoms with Gasteiger partial charge < -0.3 is 28.7 Å². The minimum Gasteiger partial charge on any atom is -0.496 e. The molecule has 0 spiro atoms. The Labute approximate surface area is 198 Å². The van der Waals surface area contributed by atoms with Crippen molar-refractivity contribution in [2.24, 2.45) is 0 Å². The molecule has 1 fully saturated rings. The molecular weight excluding hydrogens is 436 g/mol. The third kappa shape index (κ3) is 4.40. The number of carbonyl (C=O) groups is 2. The maximum Gasteiger partial charge on any atom is 0.267 e. The van der Waals surface area contributed by atoms with Gasteiger partial charge in [0, 0.05) is 49.8 Å². The van der Waals surface area contributed by atoms with Crippen LogP contribution in [0, 0.1) is 0 Å². The molecule has 2 atom stereocenters. The van der Waals surface area contributed by atoms with E-state index in [1.807, 2.05) is 37.3 Å². The summed E-state index contributed by atoms with van der Waals surface area (Å²) in [6, 6.07) is 11.2. The maximum atomic E-state index is 12.9. The molecular formula is C26H28N2O6. The molecule has 0 saturated carbocycles. The van der Waals surface area contributed by atoms with Crippen LogP contribution in [0.1, 0.15) is 18.1 Å². The van der Waals surface area contributed by atoms with Gasteiger partial charge in [-0.1, -0.05) is 12.1 Å². The van der Waals surface area contributed by atoms with E-state index in [1.165, 1.54) is 0 Å². The number of hydrogen-bond donors (Lipinski definition) is 0. The minimum absolute atomic E-state index is 0.102. The number of piperazine rings is 1. The molecule has 3 aliphatic heterocycles. The number of hydrogen-bond acceptors (Lipinski definition) is 6. The van der Waals surface area contributed by atoms with Gasteiger partial charge in [0.15, 0.2) is 11.5 Å². The van der Waals surface area contributed by atoms with Gasteiger partial charge in [0.05, 0.1) is 7.11 Å². The Morgan fingerprint density at radius 3 is 2.50 bits per heavy atom. The standard InChI is InChI=1S/C26H28N2O6/c1-17-13-19-15-22(31-2)18(14-23(19)33-17)7-8-25(29)27-9-11-28(12-10-27)26(30)24-16-32-20-5-3-4-6-21(20)34-24/h3-8,14-15,17,24H,9-13,16H2,1-2H3/b8-7+/t17-,24-/m1/s1. The maximum absolute atomic E-state index is 12.9. The summed E-state index contributed by atoms with van der Waals surface area (Å²) in [5, 5.41) is 0. The number of rotatable bonds is 4. The van der Waals surface area contributed by atoms with E-state index in [4.69, 9.17) is 18.9 Å². The molecule has 0 bridgehead atoms. The van der Waals surface area contributed by atoms with Crippen LogP contribution in [0.15, 0.2) is 42.5 Å². The van der Waals surface area contributed by atoms with E-state index in [9.17, 15) is 9.59 Å². The van der Waals surface area contributed by atoms with Crippen LogP contribution in [0.25, 0.3) is 6.08 Å². The summed E-state index contributed by atoms with van der Waals surface area (Å²) in [4.78, 5) is 29.2. The minimum atomic E-state index is -0.672. The van der Waals surface area contributed by atoms with Gasteiger partial charge in [0.2, 0.25) is 12.0 Å². The molecule has 0 radical (unpaired) electrons. The van der Waals surface area contributed by atoms with Gasteiger partial charge in [-0.15, -0.1) is 0 Å². The largest absolute Gasteiger partial charge is 0.496 e. The molecule has 8 nitrogen and oxygen atoms in total. The van der Waals surface area contributed by atoms with Crippen LogP contribution in [0.4, 0.5) is 0 Å². The molecule has 0 unspecified atom stereocenters.